The van der Waals surface area contributed by atoms with E-state index in [9.17, 15) is 19.4 Å². The van der Waals surface area contributed by atoms with Gasteiger partial charge in [-0.15, -0.1) is 0 Å². The van der Waals surface area contributed by atoms with E-state index < -0.39 is 12.2 Å². The Morgan fingerprint density at radius 3 is 2.54 bits per heavy atom. The van der Waals surface area contributed by atoms with E-state index in [1.54, 1.807) is 25.3 Å². The lowest BCUT2D eigenvalue weighted by Crippen LogP contribution is -2.30. The largest absolute Gasteiger partial charge is 0.392 e. The van der Waals surface area contributed by atoms with Gasteiger partial charge in [-0.1, -0.05) is 36.4 Å². The van der Waals surface area contributed by atoms with Gasteiger partial charge in [0.25, 0.3) is 0 Å². The number of aliphatic hydroxyl groups excluding tert-OH is 2. The standard InChI is InChI=1S/C28H35FN2O4/c1-19(2)31-25-8-5-4-7-24(25)28(20-9-11-21(29)12-10-20)26(31)14-13-22(32)17-23(33)18-27(34)30-15-6-16-35-3/h4-5,7-14,19,22-23,32-33H,6,15-18H2,1-3H3,(H,30,34)/b14-13+/t22-,23+/m1/s1. The Hall–Kier alpha value is -3.00. The number of fused-ring (bicyclic) bond motifs is 1. The minimum Gasteiger partial charge on any atom is -0.392 e. The van der Waals surface area contributed by atoms with Crippen molar-refractivity contribution in [1.29, 1.82) is 0 Å². The highest BCUT2D eigenvalue weighted by Gasteiger charge is 2.19. The molecule has 188 valence electrons. The number of nitrogens with zero attached hydrogens (tertiary/aromatic N) is 1. The Bertz CT molecular complexity index is 1140. The number of rotatable bonds is 12. The lowest BCUT2D eigenvalue weighted by atomic mass is 10.0. The minimum absolute atomic E-state index is 0.0375. The number of para-hydroxylation sites is 1. The van der Waals surface area contributed by atoms with Gasteiger partial charge in [0.2, 0.25) is 5.91 Å². The zero-order valence-corrected chi connectivity index (χ0v) is 20.6. The maximum Gasteiger partial charge on any atom is 0.222 e. The first-order chi connectivity index (χ1) is 16.8. The molecule has 0 bridgehead atoms. The molecule has 2 atom stereocenters. The van der Waals surface area contributed by atoms with E-state index in [4.69, 9.17) is 4.74 Å². The van der Waals surface area contributed by atoms with Gasteiger partial charge in [0.05, 0.1) is 18.6 Å². The third-order valence-corrected chi connectivity index (χ3v) is 5.86. The van der Waals surface area contributed by atoms with Crippen LogP contribution in [0.15, 0.2) is 54.6 Å². The van der Waals surface area contributed by atoms with E-state index >= 15 is 0 Å². The van der Waals surface area contributed by atoms with E-state index in [1.165, 1.54) is 12.1 Å². The second-order valence-electron chi connectivity index (χ2n) is 8.96. The predicted molar refractivity (Wildman–Crippen MR) is 138 cm³/mol. The van der Waals surface area contributed by atoms with Crippen LogP contribution in [0.4, 0.5) is 4.39 Å². The predicted octanol–water partition coefficient (Wildman–Crippen LogP) is 4.70. The van der Waals surface area contributed by atoms with Gasteiger partial charge in [-0.2, -0.15) is 0 Å². The quantitative estimate of drug-likeness (QED) is 0.327. The molecular weight excluding hydrogens is 447 g/mol. The van der Waals surface area contributed by atoms with Crippen LogP contribution in [0.25, 0.3) is 28.1 Å². The fourth-order valence-corrected chi connectivity index (χ4v) is 4.30. The molecule has 3 aromatic rings. The zero-order chi connectivity index (χ0) is 25.4. The summed E-state index contributed by atoms with van der Waals surface area (Å²) in [6, 6.07) is 14.6. The summed E-state index contributed by atoms with van der Waals surface area (Å²) >= 11 is 0. The molecule has 0 aliphatic carbocycles. The van der Waals surface area contributed by atoms with Crippen LogP contribution in [-0.2, 0) is 9.53 Å². The molecule has 6 nitrogen and oxygen atoms in total. The van der Waals surface area contributed by atoms with Gasteiger partial charge in [-0.25, -0.2) is 4.39 Å². The highest BCUT2D eigenvalue weighted by molar-refractivity contribution is 6.01. The molecule has 0 saturated heterocycles. The fraction of sp³-hybridized carbons (Fsp3) is 0.393. The summed E-state index contributed by atoms with van der Waals surface area (Å²) in [5.74, 6) is -0.561. The lowest BCUT2D eigenvalue weighted by molar-refractivity contribution is -0.123. The number of aliphatic hydroxyl groups is 2. The number of carbonyl (C=O) groups excluding carboxylic acids is 1. The number of benzene rings is 2. The monoisotopic (exact) mass is 482 g/mol. The molecule has 0 radical (unpaired) electrons. The number of methoxy groups -OCH3 is 1. The number of aromatic nitrogens is 1. The molecule has 0 saturated carbocycles. The van der Waals surface area contributed by atoms with Crippen molar-refractivity contribution >= 4 is 22.9 Å². The molecule has 7 heteroatoms. The van der Waals surface area contributed by atoms with Crippen molar-refractivity contribution in [1.82, 2.24) is 9.88 Å². The Kier molecular flexibility index (Phi) is 9.60. The van der Waals surface area contributed by atoms with Crippen molar-refractivity contribution in [3.8, 4) is 11.1 Å². The molecule has 0 fully saturated rings. The van der Waals surface area contributed by atoms with Crippen LogP contribution in [0.3, 0.4) is 0 Å². The number of ether oxygens (including phenoxy) is 1. The summed E-state index contributed by atoms with van der Waals surface area (Å²) < 4.78 is 20.7. The highest BCUT2D eigenvalue weighted by Crippen LogP contribution is 2.38. The van der Waals surface area contributed by atoms with E-state index in [2.05, 4.69) is 23.7 Å². The molecule has 0 spiro atoms. The summed E-state index contributed by atoms with van der Waals surface area (Å²) in [5, 5.41) is 24.6. The van der Waals surface area contributed by atoms with Gasteiger partial charge in [0, 0.05) is 54.9 Å². The topological polar surface area (TPSA) is 83.7 Å². The van der Waals surface area contributed by atoms with Crippen LogP contribution in [0.5, 0.6) is 0 Å². The first-order valence-electron chi connectivity index (χ1n) is 12.0. The molecule has 2 aromatic carbocycles. The molecule has 0 aliphatic rings. The van der Waals surface area contributed by atoms with E-state index in [1.807, 2.05) is 30.3 Å². The SMILES string of the molecule is COCCCNC(=O)C[C@@H](O)C[C@H](O)/C=C/c1c(-c2ccc(F)cc2)c2ccccc2n1C(C)C. The van der Waals surface area contributed by atoms with E-state index in [0.717, 1.165) is 27.7 Å². The number of amides is 1. The second kappa shape index (κ2) is 12.6. The molecule has 35 heavy (non-hydrogen) atoms. The van der Waals surface area contributed by atoms with Crippen molar-refractivity contribution in [2.75, 3.05) is 20.3 Å². The van der Waals surface area contributed by atoms with E-state index in [-0.39, 0.29) is 30.6 Å². The number of nitrogens with one attached hydrogen (secondary N) is 1. The van der Waals surface area contributed by atoms with Gasteiger partial charge in [-0.3, -0.25) is 4.79 Å². The van der Waals surface area contributed by atoms with E-state index in [0.29, 0.717) is 19.6 Å². The maximum absolute atomic E-state index is 13.6. The summed E-state index contributed by atoms with van der Waals surface area (Å²) in [6.45, 7) is 5.21. The third kappa shape index (κ3) is 7.01. The number of halogens is 1. The Morgan fingerprint density at radius 1 is 1.14 bits per heavy atom. The molecule has 3 N–H and O–H groups in total. The summed E-state index contributed by atoms with van der Waals surface area (Å²) in [5.41, 5.74) is 3.76. The first-order valence-corrected chi connectivity index (χ1v) is 12.0. The fourth-order valence-electron chi connectivity index (χ4n) is 4.30. The molecule has 3 rings (SSSR count). The van der Waals surface area contributed by atoms with Crippen LogP contribution in [0, 0.1) is 5.82 Å². The Balaban J connectivity index is 1.81. The second-order valence-corrected chi connectivity index (χ2v) is 8.96. The summed E-state index contributed by atoms with van der Waals surface area (Å²) in [7, 11) is 1.60. The number of hydrogen-bond acceptors (Lipinski definition) is 4. The molecule has 1 aromatic heterocycles. The van der Waals surface area contributed by atoms with Gasteiger partial charge in [-0.05, 0) is 50.1 Å². The average molecular weight is 483 g/mol. The van der Waals surface area contributed by atoms with Crippen molar-refractivity contribution in [3.63, 3.8) is 0 Å². The third-order valence-electron chi connectivity index (χ3n) is 5.86. The lowest BCUT2D eigenvalue weighted by Gasteiger charge is -2.15. The zero-order valence-electron chi connectivity index (χ0n) is 20.6. The van der Waals surface area contributed by atoms with Crippen LogP contribution in [-0.4, -0.2) is 53.2 Å². The molecule has 1 heterocycles. The van der Waals surface area contributed by atoms with Gasteiger partial charge >= 0.3 is 0 Å². The summed E-state index contributed by atoms with van der Waals surface area (Å²) in [6.07, 6.45) is 2.24. The minimum atomic E-state index is -0.968. The van der Waals surface area contributed by atoms with Crippen molar-refractivity contribution in [3.05, 3.63) is 66.1 Å². The van der Waals surface area contributed by atoms with Crippen LogP contribution >= 0.6 is 0 Å². The van der Waals surface area contributed by atoms with Crippen LogP contribution < -0.4 is 5.32 Å². The van der Waals surface area contributed by atoms with Gasteiger partial charge in [0.15, 0.2) is 0 Å². The van der Waals surface area contributed by atoms with Gasteiger partial charge in [0.1, 0.15) is 5.82 Å². The maximum atomic E-state index is 13.6. The molecule has 0 unspecified atom stereocenters. The van der Waals surface area contributed by atoms with Gasteiger partial charge < -0.3 is 24.8 Å². The molecule has 1 amide bonds. The Labute approximate surface area is 206 Å². The number of carbonyl (C=O) groups is 1. The number of hydrogen-bond donors (Lipinski definition) is 3. The summed E-state index contributed by atoms with van der Waals surface area (Å²) in [4.78, 5) is 12.0. The average Bonchev–Trinajstić information content (AvgIpc) is 3.15. The van der Waals surface area contributed by atoms with Crippen LogP contribution in [0.2, 0.25) is 0 Å². The van der Waals surface area contributed by atoms with Crippen LogP contribution in [0.1, 0.15) is 44.8 Å². The van der Waals surface area contributed by atoms with Crippen molar-refractivity contribution < 1.29 is 24.1 Å². The normalized spacial score (nSPS) is 13.6. The molecule has 0 aliphatic heterocycles. The van der Waals surface area contributed by atoms with Crippen molar-refractivity contribution in [2.45, 2.75) is 51.4 Å². The van der Waals surface area contributed by atoms with Crippen molar-refractivity contribution in [2.24, 2.45) is 0 Å². The smallest absolute Gasteiger partial charge is 0.222 e. The highest BCUT2D eigenvalue weighted by atomic mass is 19.1. The Morgan fingerprint density at radius 2 is 1.86 bits per heavy atom. The molecular formula is C28H35FN2O4. The first kappa shape index (κ1) is 26.6.